The fourth-order valence-electron chi connectivity index (χ4n) is 11.7. The Morgan fingerprint density at radius 1 is 0.716 bits per heavy atom. The van der Waals surface area contributed by atoms with Crippen LogP contribution in [-0.4, -0.2) is 102 Å². The van der Waals surface area contributed by atoms with E-state index in [4.69, 9.17) is 14.7 Å². The standard InChI is InChI=1S/C49H50F4N8O6/c1-67-47(66)59-40(27-12-16-49(52,53)17-13-27)45(63)60-35-20-29(35)22-37(60)42-54-32-8-5-25(19-34(32)56-42)3-2-24-4-7-31-28(18-24)6-9-33-41(31)57-43(55-33)38-23-30-21-36(30)61(38)44(62)39(58-46(64)65)26-10-14-48(50,51)15-11-26/h4-9,18-19,26-27,29-30,35-40,58H,10-17,20-23H2,1H3,(H,54,56)(H,55,57)(H,59,66)(H,64,65)/t29-,30-,35-,36-,37+,38+,39+,40+/m1/s1. The normalized spacial score (nSPS) is 27.2. The summed E-state index contributed by atoms with van der Waals surface area (Å²) in [5.74, 6) is 1.08. The number of aromatic nitrogens is 4. The molecule has 0 spiro atoms. The number of methoxy groups -OCH3 is 1. The van der Waals surface area contributed by atoms with E-state index in [-0.39, 0.29) is 87.2 Å². The van der Waals surface area contributed by atoms with E-state index in [2.05, 4.69) is 32.4 Å². The lowest BCUT2D eigenvalue weighted by atomic mass is 9.81. The first-order valence-corrected chi connectivity index (χ1v) is 23.3. The Morgan fingerprint density at radius 2 is 1.25 bits per heavy atom. The van der Waals surface area contributed by atoms with Crippen LogP contribution in [0.2, 0.25) is 0 Å². The Morgan fingerprint density at radius 3 is 1.84 bits per heavy atom. The van der Waals surface area contributed by atoms with Gasteiger partial charge in [0.2, 0.25) is 23.7 Å². The van der Waals surface area contributed by atoms with Gasteiger partial charge in [0.1, 0.15) is 23.7 Å². The molecule has 11 rings (SSSR count). The molecule has 350 valence electrons. The van der Waals surface area contributed by atoms with Crippen molar-refractivity contribution >= 4 is 56.8 Å². The quantitative estimate of drug-likeness (QED) is 0.0760. The predicted molar refractivity (Wildman–Crippen MR) is 236 cm³/mol. The monoisotopic (exact) mass is 922 g/mol. The van der Waals surface area contributed by atoms with Crippen LogP contribution in [0.25, 0.3) is 32.8 Å². The number of aromatic amines is 2. The second kappa shape index (κ2) is 16.2. The van der Waals surface area contributed by atoms with Crippen molar-refractivity contribution in [3.8, 4) is 11.8 Å². The van der Waals surface area contributed by atoms with Crippen LogP contribution in [0.1, 0.15) is 112 Å². The number of carboxylic acid groups (broad SMARTS) is 1. The van der Waals surface area contributed by atoms with Crippen LogP contribution in [0.5, 0.6) is 0 Å². The number of imidazole rings is 2. The molecule has 14 nitrogen and oxygen atoms in total. The van der Waals surface area contributed by atoms with Crippen molar-refractivity contribution in [1.29, 1.82) is 0 Å². The second-order valence-corrected chi connectivity index (χ2v) is 19.7. The molecule has 4 heterocycles. The van der Waals surface area contributed by atoms with E-state index < -0.39 is 54.0 Å². The van der Waals surface area contributed by atoms with Gasteiger partial charge in [0.05, 0.1) is 41.3 Å². The number of rotatable bonds is 8. The molecule has 0 radical (unpaired) electrons. The minimum absolute atomic E-state index is 0.0105. The van der Waals surface area contributed by atoms with Crippen LogP contribution in [-0.2, 0) is 14.3 Å². The van der Waals surface area contributed by atoms with Crippen molar-refractivity contribution in [3.05, 3.63) is 71.3 Å². The van der Waals surface area contributed by atoms with Crippen molar-refractivity contribution in [2.45, 2.75) is 125 Å². The minimum Gasteiger partial charge on any atom is -0.465 e. The summed E-state index contributed by atoms with van der Waals surface area (Å²) >= 11 is 0. The third-order valence-electron chi connectivity index (χ3n) is 15.4. The first-order chi connectivity index (χ1) is 32.1. The third kappa shape index (κ3) is 8.17. The maximum Gasteiger partial charge on any atom is 0.407 e. The number of ether oxygens (including phenoxy) is 1. The molecule has 2 aromatic heterocycles. The number of likely N-dealkylation sites (tertiary alicyclic amines) is 2. The molecule has 18 heteroatoms. The number of piperidine rings is 2. The summed E-state index contributed by atoms with van der Waals surface area (Å²) in [4.78, 5) is 73.0. The molecule has 5 aromatic rings. The van der Waals surface area contributed by atoms with Gasteiger partial charge in [-0.2, -0.15) is 0 Å². The number of benzene rings is 3. The lowest BCUT2D eigenvalue weighted by Crippen LogP contribution is -2.54. The summed E-state index contributed by atoms with van der Waals surface area (Å²) < 4.78 is 61.1. The van der Waals surface area contributed by atoms with Crippen LogP contribution in [0, 0.1) is 35.5 Å². The topological polar surface area (TPSA) is 186 Å². The number of halogens is 4. The number of nitrogens with zero attached hydrogens (tertiary/aromatic N) is 4. The largest absolute Gasteiger partial charge is 0.465 e. The van der Waals surface area contributed by atoms with E-state index in [9.17, 15) is 41.8 Å². The molecule has 2 saturated heterocycles. The number of H-pyrrole nitrogens is 2. The summed E-state index contributed by atoms with van der Waals surface area (Å²) in [6.45, 7) is 0. The van der Waals surface area contributed by atoms with E-state index >= 15 is 0 Å². The summed E-state index contributed by atoms with van der Waals surface area (Å²) in [7, 11) is 1.21. The van der Waals surface area contributed by atoms with E-state index in [0.29, 0.717) is 35.9 Å². The van der Waals surface area contributed by atoms with Crippen molar-refractivity contribution < 1.29 is 46.6 Å². The number of amides is 4. The zero-order valence-corrected chi connectivity index (χ0v) is 36.7. The van der Waals surface area contributed by atoms with Gasteiger partial charge in [-0.05, 0) is 117 Å². The van der Waals surface area contributed by atoms with E-state index in [1.807, 2.05) is 48.5 Å². The molecule has 5 N–H and O–H groups in total. The highest BCUT2D eigenvalue weighted by molar-refractivity contribution is 6.04. The van der Waals surface area contributed by atoms with E-state index in [1.165, 1.54) is 7.11 Å². The van der Waals surface area contributed by atoms with Crippen LogP contribution in [0.4, 0.5) is 27.2 Å². The van der Waals surface area contributed by atoms with Gasteiger partial charge in [0.25, 0.3) is 0 Å². The van der Waals surface area contributed by atoms with Gasteiger partial charge >= 0.3 is 12.2 Å². The van der Waals surface area contributed by atoms with Crippen molar-refractivity contribution in [3.63, 3.8) is 0 Å². The van der Waals surface area contributed by atoms with Gasteiger partial charge in [-0.25, -0.2) is 37.1 Å². The Balaban J connectivity index is 0.807. The summed E-state index contributed by atoms with van der Waals surface area (Å²) in [5.41, 5.74) is 4.47. The molecule has 3 aromatic carbocycles. The zero-order valence-electron chi connectivity index (χ0n) is 36.7. The van der Waals surface area contributed by atoms with Crippen LogP contribution < -0.4 is 10.6 Å². The SMILES string of the molecule is COC(=O)N[C@H](C(=O)N1[C@@H]2C[C@@H]2C[C@H]1c1nc2ccc(C#Cc3ccc4c(ccc5[nH]c([C@@H]6C[C@H]7C[C@H]7N6C(=O)[C@@H](NC(=O)O)C6CCC(F)(F)CC6)nc54)c3)cc2[nH]1)C1CCC(F)(F)CC1. The lowest BCUT2D eigenvalue weighted by molar-refractivity contribution is -0.139. The fourth-order valence-corrected chi connectivity index (χ4v) is 11.7. The molecule has 6 fully saturated rings. The van der Waals surface area contributed by atoms with Gasteiger partial charge in [0.15, 0.2) is 0 Å². The smallest absolute Gasteiger partial charge is 0.407 e. The van der Waals surface area contributed by atoms with Gasteiger partial charge in [-0.1, -0.05) is 24.0 Å². The van der Waals surface area contributed by atoms with Crippen LogP contribution in [0.3, 0.4) is 0 Å². The summed E-state index contributed by atoms with van der Waals surface area (Å²) in [6.07, 6.45) is -0.190. The van der Waals surface area contributed by atoms with Crippen molar-refractivity contribution in [2.75, 3.05) is 7.11 Å². The molecular formula is C49H50F4N8O6. The second-order valence-electron chi connectivity index (χ2n) is 19.7. The number of alkyl carbamates (subject to hydrolysis) is 1. The highest BCUT2D eigenvalue weighted by Gasteiger charge is 2.58. The first kappa shape index (κ1) is 43.2. The lowest BCUT2D eigenvalue weighted by Gasteiger charge is -2.37. The zero-order chi connectivity index (χ0) is 46.5. The maximum absolute atomic E-state index is 14.3. The molecule has 8 atom stereocenters. The summed E-state index contributed by atoms with van der Waals surface area (Å²) in [5, 5.41) is 16.5. The van der Waals surface area contributed by atoms with Crippen LogP contribution in [0.15, 0.2) is 48.5 Å². The molecule has 2 aliphatic heterocycles. The molecule has 0 unspecified atom stereocenters. The molecule has 6 aliphatic rings. The van der Waals surface area contributed by atoms with Crippen molar-refractivity contribution in [1.82, 2.24) is 40.4 Å². The Bertz CT molecular complexity index is 2890. The van der Waals surface area contributed by atoms with Gasteiger partial charge in [-0.3, -0.25) is 9.59 Å². The number of alkyl halides is 4. The molecule has 4 amide bonds. The average Bonchev–Trinajstić information content (AvgIpc) is 3.96. The Labute approximate surface area is 382 Å². The highest BCUT2D eigenvalue weighted by Crippen LogP contribution is 2.55. The van der Waals surface area contributed by atoms with Crippen molar-refractivity contribution in [2.24, 2.45) is 23.7 Å². The number of hydrogen-bond donors (Lipinski definition) is 5. The van der Waals surface area contributed by atoms with Gasteiger partial charge in [-0.15, -0.1) is 0 Å². The minimum atomic E-state index is -2.81. The molecule has 0 bridgehead atoms. The van der Waals surface area contributed by atoms with E-state index in [0.717, 1.165) is 51.3 Å². The maximum atomic E-state index is 14.3. The van der Waals surface area contributed by atoms with Gasteiger partial charge < -0.3 is 40.2 Å². The summed E-state index contributed by atoms with van der Waals surface area (Å²) in [6, 6.07) is 12.5. The molecular weight excluding hydrogens is 873 g/mol. The number of carbonyl (C=O) groups excluding carboxylic acids is 3. The van der Waals surface area contributed by atoms with E-state index in [1.54, 1.807) is 9.80 Å². The number of fused-ring (bicyclic) bond motifs is 6. The Hall–Kier alpha value is -6.38. The van der Waals surface area contributed by atoms with Gasteiger partial charge in [0, 0.05) is 54.3 Å². The first-order valence-electron chi connectivity index (χ1n) is 23.3. The number of carbonyl (C=O) groups is 4. The number of nitrogens with one attached hydrogen (secondary N) is 4. The molecule has 67 heavy (non-hydrogen) atoms. The fraction of sp³-hybridized carbons (Fsp3) is 0.510. The Kier molecular flexibility index (Phi) is 10.4. The predicted octanol–water partition coefficient (Wildman–Crippen LogP) is 8.33. The average molecular weight is 923 g/mol. The molecule has 4 saturated carbocycles. The third-order valence-corrected chi connectivity index (χ3v) is 15.4. The van der Waals surface area contributed by atoms with Crippen LogP contribution >= 0.6 is 0 Å². The highest BCUT2D eigenvalue weighted by atomic mass is 19.3. The molecule has 4 aliphatic carbocycles. The number of hydrogen-bond acceptors (Lipinski definition) is 7.